The highest BCUT2D eigenvalue weighted by Gasteiger charge is 2.18. The largest absolute Gasteiger partial charge is 0.482 e. The van der Waals surface area contributed by atoms with E-state index in [4.69, 9.17) is 4.74 Å². The molecule has 0 unspecified atom stereocenters. The van der Waals surface area contributed by atoms with Crippen LogP contribution in [-0.4, -0.2) is 33.2 Å². The zero-order chi connectivity index (χ0) is 14.1. The van der Waals surface area contributed by atoms with E-state index in [1.807, 2.05) is 0 Å². The van der Waals surface area contributed by atoms with Gasteiger partial charge in [0.15, 0.2) is 6.61 Å². The third-order valence-corrected chi connectivity index (χ3v) is 2.70. The minimum atomic E-state index is -0.362. The first kappa shape index (κ1) is 12.2. The Morgan fingerprint density at radius 1 is 1.50 bits per heavy atom. The molecular formula is C12H11N5O3. The van der Waals surface area contributed by atoms with Gasteiger partial charge in [0, 0.05) is 12.6 Å². The van der Waals surface area contributed by atoms with E-state index in [0.29, 0.717) is 17.0 Å². The number of ether oxygens (including phenoxy) is 1. The van der Waals surface area contributed by atoms with E-state index in [-0.39, 0.29) is 24.4 Å². The van der Waals surface area contributed by atoms with E-state index in [2.05, 4.69) is 20.7 Å². The van der Waals surface area contributed by atoms with Crippen molar-refractivity contribution in [2.45, 2.75) is 0 Å². The first-order valence-corrected chi connectivity index (χ1v) is 5.85. The molecular weight excluding hydrogens is 262 g/mol. The number of nitrogens with zero attached hydrogens (tertiary/aromatic N) is 3. The summed E-state index contributed by atoms with van der Waals surface area (Å²) in [5, 5.41) is 9.16. The molecule has 2 amide bonds. The van der Waals surface area contributed by atoms with Gasteiger partial charge in [-0.05, 0) is 18.2 Å². The maximum atomic E-state index is 12.0. The summed E-state index contributed by atoms with van der Waals surface area (Å²) in [7, 11) is 1.70. The number of benzene rings is 1. The molecule has 0 spiro atoms. The number of hydrogen-bond donors (Lipinski definition) is 2. The molecule has 0 fully saturated rings. The first-order valence-electron chi connectivity index (χ1n) is 5.85. The summed E-state index contributed by atoms with van der Waals surface area (Å²) in [6.45, 7) is -0.0175. The number of anilines is 2. The van der Waals surface area contributed by atoms with Crippen LogP contribution in [0.15, 0.2) is 24.5 Å². The number of aryl methyl sites for hydroxylation is 1. The highest BCUT2D eigenvalue weighted by atomic mass is 16.5. The van der Waals surface area contributed by atoms with Gasteiger partial charge in [-0.1, -0.05) is 0 Å². The highest BCUT2D eigenvalue weighted by Crippen LogP contribution is 2.28. The Labute approximate surface area is 113 Å². The summed E-state index contributed by atoms with van der Waals surface area (Å²) in [5.41, 5.74) is 0.852. The number of hydrogen-bond acceptors (Lipinski definition) is 5. The summed E-state index contributed by atoms with van der Waals surface area (Å²) < 4.78 is 6.70. The quantitative estimate of drug-likeness (QED) is 0.825. The fraction of sp³-hybridized carbons (Fsp3) is 0.167. The molecule has 1 aromatic heterocycles. The molecule has 0 saturated heterocycles. The van der Waals surface area contributed by atoms with Crippen LogP contribution in [0.5, 0.6) is 5.75 Å². The Bertz CT molecular complexity index is 694. The number of aromatic nitrogens is 3. The Balaban J connectivity index is 1.81. The third-order valence-electron chi connectivity index (χ3n) is 2.70. The summed E-state index contributed by atoms with van der Waals surface area (Å²) in [5.74, 6) is 0.146. The van der Waals surface area contributed by atoms with Crippen LogP contribution in [0.25, 0.3) is 0 Å². The number of nitrogens with one attached hydrogen (secondary N) is 2. The molecule has 0 saturated carbocycles. The Hall–Kier alpha value is -2.90. The summed E-state index contributed by atoms with van der Waals surface area (Å²) in [6.07, 6.45) is 1.48. The standard InChI is InChI=1S/C12H11N5O3/c1-17-6-13-12(16-17)15-11(19)7-2-3-9-8(4-7)14-10(18)5-20-9/h2-4,6H,5H2,1H3,(H,14,18)(H,15,16,19). The maximum Gasteiger partial charge on any atom is 0.262 e. The minimum Gasteiger partial charge on any atom is -0.482 e. The van der Waals surface area contributed by atoms with Crippen LogP contribution in [0.3, 0.4) is 0 Å². The molecule has 1 aliphatic heterocycles. The van der Waals surface area contributed by atoms with Gasteiger partial charge in [0.2, 0.25) is 5.95 Å². The zero-order valence-electron chi connectivity index (χ0n) is 10.6. The van der Waals surface area contributed by atoms with Crippen molar-refractivity contribution in [3.63, 3.8) is 0 Å². The molecule has 2 N–H and O–H groups in total. The predicted molar refractivity (Wildman–Crippen MR) is 69.5 cm³/mol. The molecule has 0 bridgehead atoms. The van der Waals surface area contributed by atoms with E-state index in [9.17, 15) is 9.59 Å². The lowest BCUT2D eigenvalue weighted by atomic mass is 10.1. The van der Waals surface area contributed by atoms with Crippen molar-refractivity contribution in [1.29, 1.82) is 0 Å². The molecule has 0 atom stereocenters. The molecule has 8 heteroatoms. The SMILES string of the molecule is Cn1cnc(NC(=O)c2ccc3c(c2)NC(=O)CO3)n1. The van der Waals surface area contributed by atoms with Gasteiger partial charge in [-0.2, -0.15) is 0 Å². The van der Waals surface area contributed by atoms with Crippen molar-refractivity contribution in [3.05, 3.63) is 30.1 Å². The minimum absolute atomic E-state index is 0.0175. The Morgan fingerprint density at radius 2 is 2.35 bits per heavy atom. The normalized spacial score (nSPS) is 13.2. The molecule has 0 aliphatic carbocycles. The molecule has 2 heterocycles. The van der Waals surface area contributed by atoms with E-state index in [0.717, 1.165) is 0 Å². The lowest BCUT2D eigenvalue weighted by molar-refractivity contribution is -0.118. The van der Waals surface area contributed by atoms with E-state index in [1.165, 1.54) is 11.0 Å². The van der Waals surface area contributed by atoms with Gasteiger partial charge in [0.1, 0.15) is 12.1 Å². The van der Waals surface area contributed by atoms with E-state index < -0.39 is 0 Å². The number of amides is 2. The second-order valence-corrected chi connectivity index (χ2v) is 4.24. The van der Waals surface area contributed by atoms with Crippen molar-refractivity contribution < 1.29 is 14.3 Å². The van der Waals surface area contributed by atoms with Crippen molar-refractivity contribution in [1.82, 2.24) is 14.8 Å². The van der Waals surface area contributed by atoms with Crippen LogP contribution in [-0.2, 0) is 11.8 Å². The van der Waals surface area contributed by atoms with E-state index >= 15 is 0 Å². The van der Waals surface area contributed by atoms with Gasteiger partial charge in [-0.15, -0.1) is 5.10 Å². The molecule has 1 aromatic carbocycles. The first-order chi connectivity index (χ1) is 9.61. The van der Waals surface area contributed by atoms with E-state index in [1.54, 1.807) is 25.2 Å². The lowest BCUT2D eigenvalue weighted by Crippen LogP contribution is -2.25. The van der Waals surface area contributed by atoms with Crippen LogP contribution < -0.4 is 15.4 Å². The van der Waals surface area contributed by atoms with Gasteiger partial charge in [-0.3, -0.25) is 19.6 Å². The second-order valence-electron chi connectivity index (χ2n) is 4.24. The molecule has 1 aliphatic rings. The predicted octanol–water partition coefficient (Wildman–Crippen LogP) is 0.398. The van der Waals surface area contributed by atoms with Gasteiger partial charge >= 0.3 is 0 Å². The lowest BCUT2D eigenvalue weighted by Gasteiger charge is -2.18. The van der Waals surface area contributed by atoms with Crippen molar-refractivity contribution >= 4 is 23.5 Å². The maximum absolute atomic E-state index is 12.0. The third kappa shape index (κ3) is 2.30. The van der Waals surface area contributed by atoms with Gasteiger partial charge in [0.05, 0.1) is 5.69 Å². The van der Waals surface area contributed by atoms with Crippen LogP contribution in [0.4, 0.5) is 11.6 Å². The zero-order valence-corrected chi connectivity index (χ0v) is 10.6. The van der Waals surface area contributed by atoms with Crippen LogP contribution in [0.2, 0.25) is 0 Å². The Morgan fingerprint density at radius 3 is 3.10 bits per heavy atom. The monoisotopic (exact) mass is 273 g/mol. The molecule has 2 aromatic rings. The number of fused-ring (bicyclic) bond motifs is 1. The fourth-order valence-corrected chi connectivity index (χ4v) is 1.79. The summed E-state index contributed by atoms with van der Waals surface area (Å²) >= 11 is 0. The molecule has 102 valence electrons. The van der Waals surface area contributed by atoms with Gasteiger partial charge < -0.3 is 10.1 Å². The average Bonchev–Trinajstić information content (AvgIpc) is 2.83. The van der Waals surface area contributed by atoms with Crippen molar-refractivity contribution in [2.24, 2.45) is 7.05 Å². The average molecular weight is 273 g/mol. The molecule has 8 nitrogen and oxygen atoms in total. The van der Waals surface area contributed by atoms with Crippen LogP contribution in [0, 0.1) is 0 Å². The van der Waals surface area contributed by atoms with Crippen molar-refractivity contribution in [3.8, 4) is 5.75 Å². The molecule has 0 radical (unpaired) electrons. The van der Waals surface area contributed by atoms with Gasteiger partial charge in [-0.25, -0.2) is 4.98 Å². The number of rotatable bonds is 2. The van der Waals surface area contributed by atoms with Crippen LogP contribution in [0.1, 0.15) is 10.4 Å². The summed E-state index contributed by atoms with van der Waals surface area (Å²) in [4.78, 5) is 27.2. The number of carbonyl (C=O) groups excluding carboxylic acids is 2. The Kier molecular flexibility index (Phi) is 2.82. The fourth-order valence-electron chi connectivity index (χ4n) is 1.79. The van der Waals surface area contributed by atoms with Gasteiger partial charge in [0.25, 0.3) is 11.8 Å². The number of carbonyl (C=O) groups is 2. The molecule has 20 heavy (non-hydrogen) atoms. The topological polar surface area (TPSA) is 98.1 Å². The second kappa shape index (κ2) is 4.65. The summed E-state index contributed by atoms with van der Waals surface area (Å²) in [6, 6.07) is 4.79. The highest BCUT2D eigenvalue weighted by molar-refractivity contribution is 6.05. The molecule has 3 rings (SSSR count). The van der Waals surface area contributed by atoms with Crippen LogP contribution >= 0.6 is 0 Å². The van der Waals surface area contributed by atoms with Crippen molar-refractivity contribution in [2.75, 3.05) is 17.2 Å². The smallest absolute Gasteiger partial charge is 0.262 e.